The highest BCUT2D eigenvalue weighted by molar-refractivity contribution is 7.10. The van der Waals surface area contributed by atoms with Gasteiger partial charge in [0.05, 0.1) is 12.6 Å². The van der Waals surface area contributed by atoms with E-state index in [0.717, 1.165) is 6.54 Å². The maximum Gasteiger partial charge on any atom is 0.267 e. The normalized spacial score (nSPS) is 12.5. The number of carbonyl (C=O) groups excluding carboxylic acids is 1. The highest BCUT2D eigenvalue weighted by atomic mass is 32.1. The van der Waals surface area contributed by atoms with Crippen molar-refractivity contribution in [3.8, 4) is 0 Å². The second kappa shape index (κ2) is 7.79. The van der Waals surface area contributed by atoms with Gasteiger partial charge in [0.15, 0.2) is 0 Å². The van der Waals surface area contributed by atoms with Gasteiger partial charge in [0.2, 0.25) is 0 Å². The summed E-state index contributed by atoms with van der Waals surface area (Å²) >= 11 is 3.42. The van der Waals surface area contributed by atoms with Crippen molar-refractivity contribution in [1.82, 2.24) is 14.8 Å². The van der Waals surface area contributed by atoms with Crippen molar-refractivity contribution in [3.63, 3.8) is 0 Å². The van der Waals surface area contributed by atoms with Gasteiger partial charge in [-0.2, -0.15) is 0 Å². The Balaban J connectivity index is 1.66. The Morgan fingerprint density at radius 3 is 2.62 bits per heavy atom. The van der Waals surface area contributed by atoms with Gasteiger partial charge < -0.3 is 14.8 Å². The molecule has 3 rings (SSSR count). The van der Waals surface area contributed by atoms with Gasteiger partial charge in [-0.1, -0.05) is 12.1 Å². The number of rotatable bonds is 7. The minimum Gasteiger partial charge on any atom is -0.349 e. The lowest BCUT2D eigenvalue weighted by Crippen LogP contribution is -2.35. The molecule has 0 saturated heterocycles. The van der Waals surface area contributed by atoms with E-state index in [1.165, 1.54) is 9.75 Å². The van der Waals surface area contributed by atoms with Crippen LogP contribution in [0.4, 0.5) is 0 Å². The first kappa shape index (κ1) is 17.0. The minimum atomic E-state index is -0.0278. The van der Waals surface area contributed by atoms with E-state index in [4.69, 9.17) is 0 Å². The van der Waals surface area contributed by atoms with Crippen LogP contribution in [-0.2, 0) is 6.54 Å². The van der Waals surface area contributed by atoms with Crippen LogP contribution >= 0.6 is 22.7 Å². The van der Waals surface area contributed by atoms with Crippen LogP contribution in [0.25, 0.3) is 0 Å². The fourth-order valence-electron chi connectivity index (χ4n) is 2.63. The molecule has 3 heterocycles. The molecule has 0 aliphatic rings. The zero-order valence-electron chi connectivity index (χ0n) is 13.8. The van der Waals surface area contributed by atoms with Crippen LogP contribution in [-0.4, -0.2) is 36.0 Å². The van der Waals surface area contributed by atoms with E-state index >= 15 is 0 Å². The summed E-state index contributed by atoms with van der Waals surface area (Å²) in [5, 5.41) is 7.21. The first-order valence-corrected chi connectivity index (χ1v) is 9.56. The Morgan fingerprint density at radius 1 is 1.17 bits per heavy atom. The lowest BCUT2D eigenvalue weighted by Gasteiger charge is -2.23. The Bertz CT molecular complexity index is 760. The molecule has 24 heavy (non-hydrogen) atoms. The molecule has 3 aromatic rings. The molecule has 1 amide bonds. The molecule has 126 valence electrons. The lowest BCUT2D eigenvalue weighted by molar-refractivity contribution is 0.0933. The summed E-state index contributed by atoms with van der Waals surface area (Å²) in [4.78, 5) is 17.2. The number of likely N-dealkylation sites (N-methyl/N-ethyl adjacent to an activating group) is 1. The van der Waals surface area contributed by atoms with Crippen molar-refractivity contribution in [2.75, 3.05) is 20.6 Å². The van der Waals surface area contributed by atoms with Crippen LogP contribution in [0.3, 0.4) is 0 Å². The van der Waals surface area contributed by atoms with Crippen molar-refractivity contribution in [2.45, 2.75) is 12.6 Å². The molecule has 0 aromatic carbocycles. The third-order valence-corrected chi connectivity index (χ3v) is 5.75. The van der Waals surface area contributed by atoms with Crippen molar-refractivity contribution in [2.24, 2.45) is 0 Å². The number of hydrogen-bond acceptors (Lipinski definition) is 4. The van der Waals surface area contributed by atoms with Gasteiger partial charge in [-0.25, -0.2) is 0 Å². The van der Waals surface area contributed by atoms with Crippen LogP contribution < -0.4 is 5.32 Å². The largest absolute Gasteiger partial charge is 0.349 e. The number of thiophene rings is 2. The molecule has 0 saturated carbocycles. The maximum atomic E-state index is 12.6. The maximum absolute atomic E-state index is 12.6. The first-order valence-electron chi connectivity index (χ1n) is 7.80. The third-order valence-electron chi connectivity index (χ3n) is 3.92. The summed E-state index contributed by atoms with van der Waals surface area (Å²) < 4.78 is 2.00. The summed E-state index contributed by atoms with van der Waals surface area (Å²) in [7, 11) is 4.08. The zero-order chi connectivity index (χ0) is 16.9. The van der Waals surface area contributed by atoms with Crippen LogP contribution in [0.1, 0.15) is 26.3 Å². The predicted molar refractivity (Wildman–Crippen MR) is 101 cm³/mol. The summed E-state index contributed by atoms with van der Waals surface area (Å²) in [5.74, 6) is -0.0278. The lowest BCUT2D eigenvalue weighted by atomic mass is 10.2. The molecule has 1 atom stereocenters. The summed E-state index contributed by atoms with van der Waals surface area (Å²) in [5.41, 5.74) is 0.701. The quantitative estimate of drug-likeness (QED) is 0.698. The molecule has 0 unspecified atom stereocenters. The second-order valence-corrected chi connectivity index (χ2v) is 7.82. The van der Waals surface area contributed by atoms with Crippen LogP contribution in [0, 0.1) is 0 Å². The average molecular weight is 360 g/mol. The van der Waals surface area contributed by atoms with Gasteiger partial charge in [-0.3, -0.25) is 4.79 Å². The first-order chi connectivity index (χ1) is 11.6. The van der Waals surface area contributed by atoms with E-state index in [0.29, 0.717) is 12.2 Å². The van der Waals surface area contributed by atoms with Gasteiger partial charge >= 0.3 is 0 Å². The van der Waals surface area contributed by atoms with Crippen LogP contribution in [0.2, 0.25) is 0 Å². The molecule has 0 fully saturated rings. The molecule has 3 aromatic heterocycles. The topological polar surface area (TPSA) is 37.3 Å². The molecular formula is C18H21N3OS2. The number of hydrogen-bond donors (Lipinski definition) is 1. The van der Waals surface area contributed by atoms with E-state index < -0.39 is 0 Å². The number of amides is 1. The zero-order valence-corrected chi connectivity index (χ0v) is 15.4. The average Bonchev–Trinajstić information content (AvgIpc) is 3.30. The molecule has 6 heteroatoms. The van der Waals surface area contributed by atoms with Crippen molar-refractivity contribution in [1.29, 1.82) is 0 Å². The highest BCUT2D eigenvalue weighted by Gasteiger charge is 2.18. The number of carbonyl (C=O) groups is 1. The van der Waals surface area contributed by atoms with E-state index in [9.17, 15) is 4.79 Å². The van der Waals surface area contributed by atoms with E-state index in [-0.39, 0.29) is 11.9 Å². The highest BCUT2D eigenvalue weighted by Crippen LogP contribution is 2.22. The molecule has 0 bridgehead atoms. The Morgan fingerprint density at radius 2 is 1.96 bits per heavy atom. The summed E-state index contributed by atoms with van der Waals surface area (Å²) in [6.07, 6.45) is 1.96. The smallest absolute Gasteiger partial charge is 0.267 e. The standard InChI is InChI=1S/C18H21N3OS2/c1-20(2)16(17-8-5-11-24-17)12-19-18(22)15-7-3-9-21(15)13-14-6-4-10-23-14/h3-11,16H,12-13H2,1-2H3,(H,19,22)/t16-/m1/s1. The molecule has 0 spiro atoms. The van der Waals surface area contributed by atoms with Gasteiger partial charge in [0.1, 0.15) is 5.69 Å². The Labute approximate surface area is 150 Å². The minimum absolute atomic E-state index is 0.0278. The molecular weight excluding hydrogens is 338 g/mol. The summed E-state index contributed by atoms with van der Waals surface area (Å²) in [6.45, 7) is 1.33. The monoisotopic (exact) mass is 359 g/mol. The summed E-state index contributed by atoms with van der Waals surface area (Å²) in [6, 6.07) is 12.3. The van der Waals surface area contributed by atoms with Crippen molar-refractivity contribution >= 4 is 28.6 Å². The number of nitrogens with zero attached hydrogens (tertiary/aromatic N) is 2. The van der Waals surface area contributed by atoms with Crippen molar-refractivity contribution in [3.05, 3.63) is 68.8 Å². The fourth-order valence-corrected chi connectivity index (χ4v) is 4.25. The SMILES string of the molecule is CN(C)[C@H](CNC(=O)c1cccn1Cc1cccs1)c1cccs1. The van der Waals surface area contributed by atoms with E-state index in [2.05, 4.69) is 33.1 Å². The Kier molecular flexibility index (Phi) is 5.50. The molecule has 0 radical (unpaired) electrons. The molecule has 0 aliphatic carbocycles. The Hall–Kier alpha value is -1.89. The van der Waals surface area contributed by atoms with Gasteiger partial charge in [0.25, 0.3) is 5.91 Å². The van der Waals surface area contributed by atoms with Gasteiger partial charge in [-0.05, 0) is 49.1 Å². The van der Waals surface area contributed by atoms with Crippen LogP contribution in [0.5, 0.6) is 0 Å². The van der Waals surface area contributed by atoms with E-state index in [1.54, 1.807) is 22.7 Å². The van der Waals surface area contributed by atoms with E-state index in [1.807, 2.05) is 49.1 Å². The van der Waals surface area contributed by atoms with Gasteiger partial charge in [0, 0.05) is 22.5 Å². The number of nitrogens with one attached hydrogen (secondary N) is 1. The van der Waals surface area contributed by atoms with Gasteiger partial charge in [-0.15, -0.1) is 22.7 Å². The number of aromatic nitrogens is 1. The predicted octanol–water partition coefficient (Wildman–Crippen LogP) is 3.69. The molecule has 0 aliphatic heterocycles. The molecule has 4 nitrogen and oxygen atoms in total. The van der Waals surface area contributed by atoms with Crippen LogP contribution in [0.15, 0.2) is 53.4 Å². The third kappa shape index (κ3) is 3.95. The second-order valence-electron chi connectivity index (χ2n) is 5.81. The van der Waals surface area contributed by atoms with Crippen molar-refractivity contribution < 1.29 is 4.79 Å². The molecule has 1 N–H and O–H groups in total. The fraction of sp³-hybridized carbons (Fsp3) is 0.278.